The van der Waals surface area contributed by atoms with Gasteiger partial charge in [-0.15, -0.1) is 0 Å². The van der Waals surface area contributed by atoms with E-state index >= 15 is 0 Å². The van der Waals surface area contributed by atoms with E-state index < -0.39 is 5.72 Å². The number of aliphatic hydroxyl groups is 1. The van der Waals surface area contributed by atoms with Gasteiger partial charge in [0, 0.05) is 0 Å². The van der Waals surface area contributed by atoms with Crippen molar-refractivity contribution < 1.29 is 5.11 Å². The number of rotatable bonds is 6. The molecule has 0 rings (SSSR count). The number of hydrogen-bond donors (Lipinski definition) is 1. The van der Waals surface area contributed by atoms with Crippen LogP contribution < -0.4 is 0 Å². The third-order valence-corrected chi connectivity index (χ3v) is 1.82. The van der Waals surface area contributed by atoms with Gasteiger partial charge in [0.15, 0.2) is 5.72 Å². The summed E-state index contributed by atoms with van der Waals surface area (Å²) in [6.45, 7) is 6.46. The zero-order valence-electron chi connectivity index (χ0n) is 8.38. The van der Waals surface area contributed by atoms with Crippen molar-refractivity contribution >= 4 is 0 Å². The summed E-state index contributed by atoms with van der Waals surface area (Å²) in [5.41, 5.74) is -0.952. The first-order chi connectivity index (χ1) is 5.62. The molecular weight excluding hydrogens is 152 g/mol. The van der Waals surface area contributed by atoms with Gasteiger partial charge < -0.3 is 5.11 Å². The normalized spacial score (nSPS) is 16.7. The Bertz CT molecular complexity index is 132. The molecule has 12 heavy (non-hydrogen) atoms. The van der Waals surface area contributed by atoms with Crippen LogP contribution in [0.2, 0.25) is 0 Å². The molecule has 0 spiro atoms. The lowest BCUT2D eigenvalue weighted by Crippen LogP contribution is -2.18. The quantitative estimate of drug-likeness (QED) is 0.486. The highest BCUT2D eigenvalue weighted by Crippen LogP contribution is 2.10. The minimum Gasteiger partial charge on any atom is -0.368 e. The first kappa shape index (κ1) is 11.6. The van der Waals surface area contributed by atoms with Gasteiger partial charge >= 0.3 is 0 Å². The standard InChI is InChI=1S/C9H20N2O/c1-4-6-7-8-10-11-9(3,12)5-2/h12H,4-8H2,1-3H3. The van der Waals surface area contributed by atoms with Gasteiger partial charge in [-0.3, -0.25) is 0 Å². The third-order valence-electron chi connectivity index (χ3n) is 1.82. The van der Waals surface area contributed by atoms with Crippen LogP contribution in [0.4, 0.5) is 0 Å². The van der Waals surface area contributed by atoms with Crippen molar-refractivity contribution in [3.05, 3.63) is 0 Å². The first-order valence-corrected chi connectivity index (χ1v) is 4.73. The molecule has 0 heterocycles. The molecule has 0 amide bonds. The lowest BCUT2D eigenvalue weighted by atomic mass is 10.2. The summed E-state index contributed by atoms with van der Waals surface area (Å²) < 4.78 is 0. The molecule has 0 aliphatic heterocycles. The second-order valence-electron chi connectivity index (χ2n) is 3.24. The number of unbranched alkanes of at least 4 members (excludes halogenated alkanes) is 2. The fraction of sp³-hybridized carbons (Fsp3) is 1.00. The molecule has 0 radical (unpaired) electrons. The Morgan fingerprint density at radius 3 is 2.42 bits per heavy atom. The van der Waals surface area contributed by atoms with Crippen molar-refractivity contribution in [1.82, 2.24) is 0 Å². The first-order valence-electron chi connectivity index (χ1n) is 4.73. The molecule has 0 aliphatic carbocycles. The van der Waals surface area contributed by atoms with Crippen LogP contribution in [0.5, 0.6) is 0 Å². The maximum absolute atomic E-state index is 9.42. The minimum atomic E-state index is -0.952. The molecule has 0 aromatic heterocycles. The maximum Gasteiger partial charge on any atom is 0.172 e. The highest BCUT2D eigenvalue weighted by Gasteiger charge is 2.14. The van der Waals surface area contributed by atoms with E-state index in [1.54, 1.807) is 6.92 Å². The van der Waals surface area contributed by atoms with Crippen LogP contribution in [-0.4, -0.2) is 17.4 Å². The molecule has 0 aliphatic rings. The van der Waals surface area contributed by atoms with Crippen molar-refractivity contribution in [2.24, 2.45) is 10.2 Å². The average molecular weight is 172 g/mol. The Morgan fingerprint density at radius 2 is 1.92 bits per heavy atom. The molecule has 0 saturated heterocycles. The second-order valence-corrected chi connectivity index (χ2v) is 3.24. The predicted octanol–water partition coefficient (Wildman–Crippen LogP) is 2.75. The molecule has 1 atom stereocenters. The number of hydrogen-bond acceptors (Lipinski definition) is 3. The third kappa shape index (κ3) is 6.28. The molecule has 3 heteroatoms. The Morgan fingerprint density at radius 1 is 1.25 bits per heavy atom. The average Bonchev–Trinajstić information content (AvgIpc) is 2.04. The van der Waals surface area contributed by atoms with E-state index in [9.17, 15) is 5.11 Å². The lowest BCUT2D eigenvalue weighted by molar-refractivity contribution is 0.0571. The summed E-state index contributed by atoms with van der Waals surface area (Å²) in [5.74, 6) is 0. The zero-order valence-corrected chi connectivity index (χ0v) is 8.38. The molecular formula is C9H20N2O. The molecule has 1 unspecified atom stereocenters. The van der Waals surface area contributed by atoms with E-state index in [0.29, 0.717) is 6.42 Å². The summed E-state index contributed by atoms with van der Waals surface area (Å²) in [6, 6.07) is 0. The van der Waals surface area contributed by atoms with Gasteiger partial charge in [-0.05, 0) is 19.8 Å². The van der Waals surface area contributed by atoms with Crippen LogP contribution in [0.3, 0.4) is 0 Å². The van der Waals surface area contributed by atoms with Gasteiger partial charge in [0.1, 0.15) is 0 Å². The topological polar surface area (TPSA) is 45.0 Å². The number of nitrogens with zero attached hydrogens (tertiary/aromatic N) is 2. The highest BCUT2D eigenvalue weighted by molar-refractivity contribution is 4.63. The predicted molar refractivity (Wildman–Crippen MR) is 50.2 cm³/mol. The van der Waals surface area contributed by atoms with Crippen molar-refractivity contribution in [3.63, 3.8) is 0 Å². The zero-order chi connectivity index (χ0) is 9.45. The fourth-order valence-corrected chi connectivity index (χ4v) is 0.706. The van der Waals surface area contributed by atoms with Gasteiger partial charge in [-0.1, -0.05) is 26.7 Å². The molecule has 0 fully saturated rings. The van der Waals surface area contributed by atoms with Gasteiger partial charge in [0.2, 0.25) is 0 Å². The molecule has 3 nitrogen and oxygen atoms in total. The van der Waals surface area contributed by atoms with E-state index in [0.717, 1.165) is 13.0 Å². The molecule has 72 valence electrons. The maximum atomic E-state index is 9.42. The smallest absolute Gasteiger partial charge is 0.172 e. The monoisotopic (exact) mass is 172 g/mol. The largest absolute Gasteiger partial charge is 0.368 e. The Labute approximate surface area is 74.9 Å². The summed E-state index contributed by atoms with van der Waals surface area (Å²) in [6.07, 6.45) is 4.07. The highest BCUT2D eigenvalue weighted by atomic mass is 16.3. The van der Waals surface area contributed by atoms with E-state index in [2.05, 4.69) is 17.2 Å². The van der Waals surface area contributed by atoms with Crippen LogP contribution in [0.15, 0.2) is 10.2 Å². The fourth-order valence-electron chi connectivity index (χ4n) is 0.706. The summed E-state index contributed by atoms with van der Waals surface area (Å²) in [5, 5.41) is 17.2. The van der Waals surface area contributed by atoms with Crippen LogP contribution in [0.25, 0.3) is 0 Å². The Balaban J connectivity index is 3.47. The summed E-state index contributed by atoms with van der Waals surface area (Å²) in [4.78, 5) is 0. The molecule has 0 aromatic rings. The second kappa shape index (κ2) is 6.12. The summed E-state index contributed by atoms with van der Waals surface area (Å²) >= 11 is 0. The molecule has 1 N–H and O–H groups in total. The lowest BCUT2D eigenvalue weighted by Gasteiger charge is -2.12. The SMILES string of the molecule is CCCCCN=NC(C)(O)CC. The molecule has 0 saturated carbocycles. The van der Waals surface area contributed by atoms with E-state index in [1.807, 2.05) is 6.92 Å². The van der Waals surface area contributed by atoms with Crippen LogP contribution in [-0.2, 0) is 0 Å². The van der Waals surface area contributed by atoms with E-state index in [4.69, 9.17) is 0 Å². The molecule has 0 bridgehead atoms. The summed E-state index contributed by atoms with van der Waals surface area (Å²) in [7, 11) is 0. The van der Waals surface area contributed by atoms with E-state index in [1.165, 1.54) is 12.8 Å². The van der Waals surface area contributed by atoms with Gasteiger partial charge in [-0.2, -0.15) is 10.2 Å². The number of azo groups is 1. The van der Waals surface area contributed by atoms with Gasteiger partial charge in [0.25, 0.3) is 0 Å². The van der Waals surface area contributed by atoms with Crippen molar-refractivity contribution in [1.29, 1.82) is 0 Å². The van der Waals surface area contributed by atoms with Crippen LogP contribution in [0.1, 0.15) is 46.5 Å². The molecule has 0 aromatic carbocycles. The van der Waals surface area contributed by atoms with Crippen LogP contribution >= 0.6 is 0 Å². The van der Waals surface area contributed by atoms with Gasteiger partial charge in [0.05, 0.1) is 6.54 Å². The Kier molecular flexibility index (Phi) is 5.89. The minimum absolute atomic E-state index is 0.615. The van der Waals surface area contributed by atoms with E-state index in [-0.39, 0.29) is 0 Å². The van der Waals surface area contributed by atoms with Gasteiger partial charge in [-0.25, -0.2) is 0 Å². The van der Waals surface area contributed by atoms with Crippen molar-refractivity contribution in [2.45, 2.75) is 52.2 Å². The van der Waals surface area contributed by atoms with Crippen molar-refractivity contribution in [2.75, 3.05) is 6.54 Å². The van der Waals surface area contributed by atoms with Crippen LogP contribution in [0, 0.1) is 0 Å². The Hall–Kier alpha value is -0.440. The van der Waals surface area contributed by atoms with Crippen molar-refractivity contribution in [3.8, 4) is 0 Å².